The van der Waals surface area contributed by atoms with Crippen LogP contribution in [0.1, 0.15) is 10.4 Å². The van der Waals surface area contributed by atoms with Crippen LogP contribution in [0.3, 0.4) is 0 Å². The molecule has 0 unspecified atom stereocenters. The Kier molecular flexibility index (Phi) is 2.91. The normalized spacial score (nSPS) is 9.88. The highest BCUT2D eigenvalue weighted by molar-refractivity contribution is 6.05. The zero-order valence-corrected chi connectivity index (χ0v) is 8.79. The zero-order chi connectivity index (χ0) is 12.3. The standard InChI is InChI=1S/C12H10N2O3/c15-9-3-1-8(2-4-9)14-12(17)10-5-6-13-7-11(10)16/h1-7,15-16H,(H,14,17). The Labute approximate surface area is 97.4 Å². The number of amides is 1. The van der Waals surface area contributed by atoms with E-state index in [4.69, 9.17) is 5.11 Å². The predicted octanol–water partition coefficient (Wildman–Crippen LogP) is 1.75. The molecule has 86 valence electrons. The van der Waals surface area contributed by atoms with Crippen molar-refractivity contribution in [1.29, 1.82) is 0 Å². The minimum Gasteiger partial charge on any atom is -0.508 e. The van der Waals surface area contributed by atoms with E-state index in [2.05, 4.69) is 10.3 Å². The quantitative estimate of drug-likeness (QED) is 0.686. The molecule has 0 saturated carbocycles. The van der Waals surface area contributed by atoms with Gasteiger partial charge in [0.25, 0.3) is 5.91 Å². The van der Waals surface area contributed by atoms with Crippen molar-refractivity contribution in [3.05, 3.63) is 48.3 Å². The molecule has 1 heterocycles. The number of hydrogen-bond acceptors (Lipinski definition) is 4. The number of benzene rings is 1. The lowest BCUT2D eigenvalue weighted by Gasteiger charge is -2.06. The Morgan fingerprint density at radius 3 is 2.47 bits per heavy atom. The van der Waals surface area contributed by atoms with Gasteiger partial charge < -0.3 is 15.5 Å². The van der Waals surface area contributed by atoms with Crippen molar-refractivity contribution in [2.45, 2.75) is 0 Å². The second kappa shape index (κ2) is 4.52. The summed E-state index contributed by atoms with van der Waals surface area (Å²) in [7, 11) is 0. The van der Waals surface area contributed by atoms with Crippen LogP contribution in [0.5, 0.6) is 11.5 Å². The van der Waals surface area contributed by atoms with Crippen molar-refractivity contribution in [3.8, 4) is 11.5 Å². The van der Waals surface area contributed by atoms with Crippen LogP contribution in [-0.4, -0.2) is 21.1 Å². The summed E-state index contributed by atoms with van der Waals surface area (Å²) < 4.78 is 0. The van der Waals surface area contributed by atoms with Gasteiger partial charge in [-0.2, -0.15) is 0 Å². The number of phenols is 1. The van der Waals surface area contributed by atoms with Gasteiger partial charge in [-0.25, -0.2) is 0 Å². The van der Waals surface area contributed by atoms with Gasteiger partial charge in [-0.1, -0.05) is 0 Å². The molecule has 0 fully saturated rings. The first kappa shape index (κ1) is 10.9. The summed E-state index contributed by atoms with van der Waals surface area (Å²) in [6.45, 7) is 0. The van der Waals surface area contributed by atoms with E-state index >= 15 is 0 Å². The molecule has 0 aliphatic carbocycles. The molecule has 0 aliphatic heterocycles. The topological polar surface area (TPSA) is 82.5 Å². The van der Waals surface area contributed by atoms with Gasteiger partial charge in [0.2, 0.25) is 0 Å². The number of nitrogens with zero attached hydrogens (tertiary/aromatic N) is 1. The first-order valence-electron chi connectivity index (χ1n) is 4.90. The maximum absolute atomic E-state index is 11.8. The van der Waals surface area contributed by atoms with Crippen LogP contribution in [0.15, 0.2) is 42.7 Å². The van der Waals surface area contributed by atoms with Crippen LogP contribution < -0.4 is 5.32 Å². The van der Waals surface area contributed by atoms with Gasteiger partial charge in [0.15, 0.2) is 0 Å². The minimum absolute atomic E-state index is 0.120. The molecule has 1 aromatic carbocycles. The average Bonchev–Trinajstić information content (AvgIpc) is 2.32. The van der Waals surface area contributed by atoms with Crippen molar-refractivity contribution in [1.82, 2.24) is 4.98 Å². The highest BCUT2D eigenvalue weighted by Crippen LogP contribution is 2.18. The van der Waals surface area contributed by atoms with E-state index in [-0.39, 0.29) is 17.1 Å². The van der Waals surface area contributed by atoms with Crippen molar-refractivity contribution in [3.63, 3.8) is 0 Å². The summed E-state index contributed by atoms with van der Waals surface area (Å²) in [6.07, 6.45) is 2.62. The third-order valence-electron chi connectivity index (χ3n) is 2.17. The molecule has 17 heavy (non-hydrogen) atoms. The van der Waals surface area contributed by atoms with Crippen LogP contribution in [-0.2, 0) is 0 Å². The van der Waals surface area contributed by atoms with Crippen LogP contribution in [0.2, 0.25) is 0 Å². The summed E-state index contributed by atoms with van der Waals surface area (Å²) >= 11 is 0. The molecule has 3 N–H and O–H groups in total. The number of carbonyl (C=O) groups is 1. The van der Waals surface area contributed by atoms with Crippen molar-refractivity contribution >= 4 is 11.6 Å². The summed E-state index contributed by atoms with van der Waals surface area (Å²) in [4.78, 5) is 15.4. The minimum atomic E-state index is -0.435. The largest absolute Gasteiger partial charge is 0.508 e. The van der Waals surface area contributed by atoms with Gasteiger partial charge in [0.05, 0.1) is 11.8 Å². The van der Waals surface area contributed by atoms with Gasteiger partial charge in [0.1, 0.15) is 11.5 Å². The summed E-state index contributed by atoms with van der Waals surface area (Å²) in [5.41, 5.74) is 0.678. The van der Waals surface area contributed by atoms with Crippen molar-refractivity contribution in [2.24, 2.45) is 0 Å². The number of hydrogen-bond donors (Lipinski definition) is 3. The van der Waals surface area contributed by atoms with Crippen molar-refractivity contribution in [2.75, 3.05) is 5.32 Å². The van der Waals surface area contributed by atoms with E-state index in [9.17, 15) is 9.90 Å². The maximum atomic E-state index is 11.8. The summed E-state index contributed by atoms with van der Waals surface area (Å²) in [5, 5.41) is 21.1. The maximum Gasteiger partial charge on any atom is 0.259 e. The average molecular weight is 230 g/mol. The second-order valence-electron chi connectivity index (χ2n) is 3.39. The van der Waals surface area contributed by atoms with Gasteiger partial charge in [-0.05, 0) is 30.3 Å². The lowest BCUT2D eigenvalue weighted by atomic mass is 10.2. The van der Waals surface area contributed by atoms with E-state index in [1.54, 1.807) is 12.1 Å². The number of phenolic OH excluding ortho intramolecular Hbond substituents is 1. The molecule has 2 rings (SSSR count). The third kappa shape index (κ3) is 2.52. The van der Waals surface area contributed by atoms with E-state index < -0.39 is 5.91 Å². The lowest BCUT2D eigenvalue weighted by molar-refractivity contribution is 0.102. The predicted molar refractivity (Wildman–Crippen MR) is 62.0 cm³/mol. The molecule has 0 atom stereocenters. The lowest BCUT2D eigenvalue weighted by Crippen LogP contribution is -2.11. The summed E-state index contributed by atoms with van der Waals surface area (Å²) in [6, 6.07) is 7.46. The smallest absolute Gasteiger partial charge is 0.259 e. The van der Waals surface area contributed by atoms with Crippen LogP contribution in [0.4, 0.5) is 5.69 Å². The Balaban J connectivity index is 2.17. The molecule has 1 amide bonds. The number of rotatable bonds is 2. The van der Waals surface area contributed by atoms with Gasteiger partial charge in [-0.15, -0.1) is 0 Å². The number of anilines is 1. The van der Waals surface area contributed by atoms with Crippen LogP contribution in [0, 0.1) is 0 Å². The van der Waals surface area contributed by atoms with Gasteiger partial charge in [-0.3, -0.25) is 9.78 Å². The van der Waals surface area contributed by atoms with Gasteiger partial charge >= 0.3 is 0 Å². The summed E-state index contributed by atoms with van der Waals surface area (Å²) in [5.74, 6) is -0.492. The van der Waals surface area contributed by atoms with Crippen molar-refractivity contribution < 1.29 is 15.0 Å². The molecule has 1 aromatic heterocycles. The number of aromatic nitrogens is 1. The Morgan fingerprint density at radius 2 is 1.82 bits per heavy atom. The monoisotopic (exact) mass is 230 g/mol. The fourth-order valence-corrected chi connectivity index (χ4v) is 1.32. The SMILES string of the molecule is O=C(Nc1ccc(O)cc1)c1ccncc1O. The van der Waals surface area contributed by atoms with Crippen LogP contribution in [0.25, 0.3) is 0 Å². The first-order chi connectivity index (χ1) is 8.16. The van der Waals surface area contributed by atoms with Gasteiger partial charge in [0, 0.05) is 11.9 Å². The number of pyridine rings is 1. The third-order valence-corrected chi connectivity index (χ3v) is 2.17. The Hall–Kier alpha value is -2.56. The second-order valence-corrected chi connectivity index (χ2v) is 3.39. The first-order valence-corrected chi connectivity index (χ1v) is 4.90. The highest BCUT2D eigenvalue weighted by atomic mass is 16.3. The van der Waals surface area contributed by atoms with E-state index in [0.29, 0.717) is 5.69 Å². The zero-order valence-electron chi connectivity index (χ0n) is 8.79. The fourth-order valence-electron chi connectivity index (χ4n) is 1.32. The van der Waals surface area contributed by atoms with E-state index in [0.717, 1.165) is 0 Å². The molecule has 0 saturated heterocycles. The molecule has 0 bridgehead atoms. The molecule has 5 heteroatoms. The molecule has 0 radical (unpaired) electrons. The molecule has 0 spiro atoms. The Morgan fingerprint density at radius 1 is 1.12 bits per heavy atom. The highest BCUT2D eigenvalue weighted by Gasteiger charge is 2.10. The molecule has 5 nitrogen and oxygen atoms in total. The fraction of sp³-hybridized carbons (Fsp3) is 0. The van der Waals surface area contributed by atoms with E-state index in [1.807, 2.05) is 0 Å². The Bertz CT molecular complexity index is 538. The number of carbonyl (C=O) groups excluding carboxylic acids is 1. The molecule has 2 aromatic rings. The molecule has 0 aliphatic rings. The van der Waals surface area contributed by atoms with E-state index in [1.165, 1.54) is 30.6 Å². The molecular formula is C12H10N2O3. The molecular weight excluding hydrogens is 220 g/mol. The van der Waals surface area contributed by atoms with Crippen LogP contribution >= 0.6 is 0 Å². The number of nitrogens with one attached hydrogen (secondary N) is 1. The number of aromatic hydroxyl groups is 2.